The van der Waals surface area contributed by atoms with Gasteiger partial charge in [-0.1, -0.05) is 47.5 Å². The fourth-order valence-corrected chi connectivity index (χ4v) is 2.76. The lowest BCUT2D eigenvalue weighted by Gasteiger charge is -2.11. The van der Waals surface area contributed by atoms with E-state index in [1.54, 1.807) is 42.6 Å². The summed E-state index contributed by atoms with van der Waals surface area (Å²) in [6.07, 6.45) is 2.15. The van der Waals surface area contributed by atoms with Crippen molar-refractivity contribution in [1.29, 1.82) is 0 Å². The Morgan fingerprint density at radius 1 is 0.960 bits per heavy atom. The first-order chi connectivity index (χ1) is 12.1. The zero-order chi connectivity index (χ0) is 17.6. The highest BCUT2D eigenvalue weighted by Gasteiger charge is 2.07. The minimum atomic E-state index is -0.214. The van der Waals surface area contributed by atoms with Crippen LogP contribution in [0.15, 0.2) is 54.7 Å². The van der Waals surface area contributed by atoms with E-state index in [9.17, 15) is 4.39 Å². The molecule has 0 bridgehead atoms. The molecule has 0 aliphatic carbocycles. The van der Waals surface area contributed by atoms with Gasteiger partial charge in [-0.15, -0.1) is 0 Å². The second kappa shape index (κ2) is 8.14. The molecule has 1 heterocycles. The quantitative estimate of drug-likeness (QED) is 0.610. The number of aromatic nitrogens is 2. The second-order valence-corrected chi connectivity index (χ2v) is 6.07. The van der Waals surface area contributed by atoms with Gasteiger partial charge in [0.2, 0.25) is 5.95 Å². The van der Waals surface area contributed by atoms with Crippen LogP contribution in [-0.2, 0) is 6.42 Å². The summed E-state index contributed by atoms with van der Waals surface area (Å²) in [5.41, 5.74) is 1.23. The predicted octanol–water partition coefficient (Wildman–Crippen LogP) is 5.32. The van der Waals surface area contributed by atoms with Gasteiger partial charge < -0.3 is 10.6 Å². The topological polar surface area (TPSA) is 49.8 Å². The Morgan fingerprint density at radius 2 is 1.72 bits per heavy atom. The molecule has 128 valence electrons. The molecule has 2 N–H and O–H groups in total. The molecule has 0 amide bonds. The molecule has 0 saturated heterocycles. The lowest BCUT2D eigenvalue weighted by atomic mass is 10.1. The first-order valence-electron chi connectivity index (χ1n) is 7.65. The van der Waals surface area contributed by atoms with Crippen LogP contribution in [0.3, 0.4) is 0 Å². The number of nitrogens with one attached hydrogen (secondary N) is 2. The number of nitrogens with zero attached hydrogens (tertiary/aromatic N) is 2. The van der Waals surface area contributed by atoms with Gasteiger partial charge >= 0.3 is 0 Å². The van der Waals surface area contributed by atoms with Gasteiger partial charge in [0.15, 0.2) is 0 Å². The fourth-order valence-electron chi connectivity index (χ4n) is 2.27. The normalized spacial score (nSPS) is 10.5. The van der Waals surface area contributed by atoms with Gasteiger partial charge in [-0.2, -0.15) is 4.98 Å². The molecule has 0 saturated carbocycles. The van der Waals surface area contributed by atoms with E-state index in [-0.39, 0.29) is 5.82 Å². The van der Waals surface area contributed by atoms with Crippen molar-refractivity contribution >= 4 is 40.7 Å². The van der Waals surface area contributed by atoms with Crippen LogP contribution in [-0.4, -0.2) is 16.5 Å². The fraction of sp³-hybridized carbons (Fsp3) is 0.111. The largest absolute Gasteiger partial charge is 0.354 e. The highest BCUT2D eigenvalue weighted by molar-refractivity contribution is 6.39. The van der Waals surface area contributed by atoms with Crippen LogP contribution in [0.5, 0.6) is 0 Å². The molecule has 0 aliphatic heterocycles. The van der Waals surface area contributed by atoms with Crippen molar-refractivity contribution in [2.24, 2.45) is 0 Å². The average molecular weight is 377 g/mol. The zero-order valence-electron chi connectivity index (χ0n) is 13.1. The predicted molar refractivity (Wildman–Crippen MR) is 100 cm³/mol. The summed E-state index contributed by atoms with van der Waals surface area (Å²) in [5, 5.41) is 7.16. The number of hydrogen-bond acceptors (Lipinski definition) is 4. The maximum absolute atomic E-state index is 13.6. The van der Waals surface area contributed by atoms with Gasteiger partial charge in [0.25, 0.3) is 0 Å². The number of benzene rings is 2. The third-order valence-electron chi connectivity index (χ3n) is 3.51. The van der Waals surface area contributed by atoms with Crippen molar-refractivity contribution in [2.75, 3.05) is 17.2 Å². The summed E-state index contributed by atoms with van der Waals surface area (Å²) in [6.45, 7) is 0.511. The molecule has 0 aliphatic rings. The molecular weight excluding hydrogens is 362 g/mol. The molecule has 7 heteroatoms. The molecule has 0 spiro atoms. The van der Waals surface area contributed by atoms with Crippen molar-refractivity contribution in [3.8, 4) is 0 Å². The standard InChI is InChI=1S/C18H15Cl2FN4/c19-13-5-3-6-14(20)17(13)24-16-9-11-23-18(25-16)22-10-8-12-4-1-2-7-15(12)21/h1-7,9,11H,8,10H2,(H2,22,23,24,25). The average Bonchev–Trinajstić information content (AvgIpc) is 2.60. The SMILES string of the molecule is Fc1ccccc1CCNc1nccc(Nc2c(Cl)cccc2Cl)n1. The first-order valence-corrected chi connectivity index (χ1v) is 8.40. The maximum atomic E-state index is 13.6. The maximum Gasteiger partial charge on any atom is 0.224 e. The minimum absolute atomic E-state index is 0.214. The van der Waals surface area contributed by atoms with Crippen LogP contribution in [0.4, 0.5) is 21.8 Å². The Hall–Kier alpha value is -2.37. The summed E-state index contributed by atoms with van der Waals surface area (Å²) in [6, 6.07) is 13.7. The highest BCUT2D eigenvalue weighted by Crippen LogP contribution is 2.32. The van der Waals surface area contributed by atoms with Gasteiger partial charge in [0, 0.05) is 12.7 Å². The first kappa shape index (κ1) is 17.5. The number of halogens is 3. The molecule has 4 nitrogen and oxygen atoms in total. The van der Waals surface area contributed by atoms with E-state index in [2.05, 4.69) is 20.6 Å². The molecule has 0 radical (unpaired) electrons. The van der Waals surface area contributed by atoms with Gasteiger partial charge in [-0.05, 0) is 36.2 Å². The molecular formula is C18H15Cl2FN4. The highest BCUT2D eigenvalue weighted by atomic mass is 35.5. The third-order valence-corrected chi connectivity index (χ3v) is 4.14. The van der Waals surface area contributed by atoms with Crippen LogP contribution in [0.2, 0.25) is 10.0 Å². The Balaban J connectivity index is 1.65. The van der Waals surface area contributed by atoms with Gasteiger partial charge in [-0.3, -0.25) is 0 Å². The number of rotatable bonds is 6. The van der Waals surface area contributed by atoms with E-state index < -0.39 is 0 Å². The van der Waals surface area contributed by atoms with Crippen LogP contribution >= 0.6 is 23.2 Å². The summed E-state index contributed by atoms with van der Waals surface area (Å²) < 4.78 is 13.6. The Labute approximate surface area is 155 Å². The van der Waals surface area contributed by atoms with Crippen LogP contribution in [0, 0.1) is 5.82 Å². The van der Waals surface area contributed by atoms with Crippen molar-refractivity contribution in [1.82, 2.24) is 9.97 Å². The molecule has 1 aromatic heterocycles. The molecule has 3 rings (SSSR count). The Morgan fingerprint density at radius 3 is 2.48 bits per heavy atom. The van der Waals surface area contributed by atoms with Gasteiger partial charge in [0.1, 0.15) is 11.6 Å². The zero-order valence-corrected chi connectivity index (χ0v) is 14.7. The number of anilines is 3. The van der Waals surface area contributed by atoms with Gasteiger partial charge in [-0.25, -0.2) is 9.37 Å². The summed E-state index contributed by atoms with van der Waals surface area (Å²) in [4.78, 5) is 8.52. The van der Waals surface area contributed by atoms with Crippen LogP contribution < -0.4 is 10.6 Å². The Kier molecular flexibility index (Phi) is 5.68. The number of para-hydroxylation sites is 1. The van der Waals surface area contributed by atoms with E-state index in [0.29, 0.717) is 46.0 Å². The molecule has 0 fully saturated rings. The van der Waals surface area contributed by atoms with E-state index in [0.717, 1.165) is 0 Å². The molecule has 0 atom stereocenters. The smallest absolute Gasteiger partial charge is 0.224 e. The van der Waals surface area contributed by atoms with E-state index in [1.165, 1.54) is 6.07 Å². The molecule has 25 heavy (non-hydrogen) atoms. The van der Waals surface area contributed by atoms with Crippen molar-refractivity contribution in [3.63, 3.8) is 0 Å². The van der Waals surface area contributed by atoms with Crippen molar-refractivity contribution < 1.29 is 4.39 Å². The van der Waals surface area contributed by atoms with Gasteiger partial charge in [0.05, 0.1) is 15.7 Å². The van der Waals surface area contributed by atoms with Crippen LogP contribution in [0.1, 0.15) is 5.56 Å². The monoisotopic (exact) mass is 376 g/mol. The van der Waals surface area contributed by atoms with E-state index >= 15 is 0 Å². The molecule has 0 unspecified atom stereocenters. The third kappa shape index (κ3) is 4.59. The van der Waals surface area contributed by atoms with E-state index in [4.69, 9.17) is 23.2 Å². The summed E-state index contributed by atoms with van der Waals surface area (Å²) >= 11 is 12.3. The Bertz CT molecular complexity index is 853. The van der Waals surface area contributed by atoms with E-state index in [1.807, 2.05) is 6.07 Å². The minimum Gasteiger partial charge on any atom is -0.354 e. The van der Waals surface area contributed by atoms with Crippen molar-refractivity contribution in [2.45, 2.75) is 6.42 Å². The van der Waals surface area contributed by atoms with Crippen LogP contribution in [0.25, 0.3) is 0 Å². The summed E-state index contributed by atoms with van der Waals surface area (Å²) in [5.74, 6) is 0.775. The second-order valence-electron chi connectivity index (χ2n) is 5.26. The molecule has 3 aromatic rings. The molecule has 2 aromatic carbocycles. The summed E-state index contributed by atoms with van der Waals surface area (Å²) in [7, 11) is 0. The number of hydrogen-bond donors (Lipinski definition) is 2. The lowest BCUT2D eigenvalue weighted by molar-refractivity contribution is 0.610. The van der Waals surface area contributed by atoms with Crippen molar-refractivity contribution in [3.05, 3.63) is 76.2 Å². The lowest BCUT2D eigenvalue weighted by Crippen LogP contribution is -2.09.